The molecule has 4 nitrogen and oxygen atoms in total. The Balaban J connectivity index is 1.66. The largest absolute Gasteiger partial charge is 0.325 e. The first-order valence-corrected chi connectivity index (χ1v) is 8.77. The van der Waals surface area contributed by atoms with Crippen molar-refractivity contribution in [3.8, 4) is 0 Å². The van der Waals surface area contributed by atoms with Gasteiger partial charge in [-0.25, -0.2) is 0 Å². The fourth-order valence-corrected chi connectivity index (χ4v) is 2.79. The lowest BCUT2D eigenvalue weighted by Crippen LogP contribution is -2.35. The van der Waals surface area contributed by atoms with E-state index in [1.165, 1.54) is 5.56 Å². The Labute approximate surface area is 152 Å². The Hall–Kier alpha value is -2.33. The van der Waals surface area contributed by atoms with Gasteiger partial charge in [-0.2, -0.15) is 0 Å². The Morgan fingerprint density at radius 3 is 1.72 bits per heavy atom. The molecule has 25 heavy (non-hydrogen) atoms. The van der Waals surface area contributed by atoms with Gasteiger partial charge in [-0.05, 0) is 60.7 Å². The molecule has 1 aliphatic carbocycles. The summed E-state index contributed by atoms with van der Waals surface area (Å²) < 4.78 is 0. The van der Waals surface area contributed by atoms with Crippen LogP contribution in [-0.4, -0.2) is 11.8 Å². The molecule has 2 aromatic rings. The molecule has 1 saturated carbocycles. The lowest BCUT2D eigenvalue weighted by Gasteiger charge is -2.16. The molecule has 0 spiro atoms. The summed E-state index contributed by atoms with van der Waals surface area (Å²) in [6.07, 6.45) is 1.12. The maximum absolute atomic E-state index is 12.6. The van der Waals surface area contributed by atoms with Crippen LogP contribution in [0.25, 0.3) is 0 Å². The summed E-state index contributed by atoms with van der Waals surface area (Å²) in [5.74, 6) is -0.0907. The number of carbonyl (C=O) groups excluding carboxylic acids is 2. The topological polar surface area (TPSA) is 58.2 Å². The van der Waals surface area contributed by atoms with E-state index < -0.39 is 5.41 Å². The molecule has 1 fully saturated rings. The van der Waals surface area contributed by atoms with E-state index in [2.05, 4.69) is 24.5 Å². The molecule has 130 valence electrons. The lowest BCUT2D eigenvalue weighted by atomic mass is 10.0. The quantitative estimate of drug-likeness (QED) is 0.754. The number of anilines is 2. The second-order valence-electron chi connectivity index (χ2n) is 6.77. The number of hydrogen-bond acceptors (Lipinski definition) is 2. The SMILES string of the molecule is CC(C)c1ccc(NC(=O)C2(C(=O)Nc3ccc(Cl)cc3)CC2)cc1. The van der Waals surface area contributed by atoms with Crippen molar-refractivity contribution in [2.24, 2.45) is 5.41 Å². The van der Waals surface area contributed by atoms with Crippen LogP contribution in [0.1, 0.15) is 38.2 Å². The summed E-state index contributed by atoms with van der Waals surface area (Å²) in [6.45, 7) is 4.24. The van der Waals surface area contributed by atoms with Crippen molar-refractivity contribution >= 4 is 34.8 Å². The van der Waals surface area contributed by atoms with Crippen LogP contribution < -0.4 is 10.6 Å². The Bertz CT molecular complexity index is 778. The molecule has 3 rings (SSSR count). The Morgan fingerprint density at radius 2 is 1.32 bits per heavy atom. The number of hydrogen-bond donors (Lipinski definition) is 2. The number of rotatable bonds is 5. The predicted molar refractivity (Wildman–Crippen MR) is 101 cm³/mol. The van der Waals surface area contributed by atoms with Gasteiger partial charge >= 0.3 is 0 Å². The molecule has 0 radical (unpaired) electrons. The first kappa shape index (κ1) is 17.5. The van der Waals surface area contributed by atoms with Crippen molar-refractivity contribution in [2.45, 2.75) is 32.6 Å². The summed E-state index contributed by atoms with van der Waals surface area (Å²) in [5.41, 5.74) is 1.57. The average Bonchev–Trinajstić information content (AvgIpc) is 3.39. The van der Waals surface area contributed by atoms with Crippen molar-refractivity contribution in [2.75, 3.05) is 10.6 Å². The van der Waals surface area contributed by atoms with E-state index in [-0.39, 0.29) is 11.8 Å². The highest BCUT2D eigenvalue weighted by Crippen LogP contribution is 2.47. The van der Waals surface area contributed by atoms with E-state index in [0.29, 0.717) is 35.2 Å². The smallest absolute Gasteiger partial charge is 0.240 e. The van der Waals surface area contributed by atoms with Gasteiger partial charge in [-0.1, -0.05) is 37.6 Å². The van der Waals surface area contributed by atoms with E-state index in [1.807, 2.05) is 24.3 Å². The van der Waals surface area contributed by atoms with Crippen LogP contribution in [0, 0.1) is 5.41 Å². The van der Waals surface area contributed by atoms with Crippen molar-refractivity contribution in [3.05, 3.63) is 59.1 Å². The molecule has 0 saturated heterocycles. The van der Waals surface area contributed by atoms with Gasteiger partial charge in [0.15, 0.2) is 0 Å². The number of nitrogens with one attached hydrogen (secondary N) is 2. The van der Waals surface area contributed by atoms with Crippen molar-refractivity contribution in [3.63, 3.8) is 0 Å². The minimum atomic E-state index is -0.976. The second-order valence-corrected chi connectivity index (χ2v) is 7.21. The number of carbonyl (C=O) groups is 2. The van der Waals surface area contributed by atoms with Crippen molar-refractivity contribution in [1.29, 1.82) is 0 Å². The summed E-state index contributed by atoms with van der Waals surface area (Å²) in [5, 5.41) is 6.27. The summed E-state index contributed by atoms with van der Waals surface area (Å²) in [4.78, 5) is 25.2. The number of halogens is 1. The molecule has 0 unspecified atom stereocenters. The van der Waals surface area contributed by atoms with Crippen molar-refractivity contribution in [1.82, 2.24) is 0 Å². The van der Waals surface area contributed by atoms with Gasteiger partial charge in [0.1, 0.15) is 5.41 Å². The van der Waals surface area contributed by atoms with Crippen LogP contribution in [0.5, 0.6) is 0 Å². The zero-order chi connectivity index (χ0) is 18.0. The lowest BCUT2D eigenvalue weighted by molar-refractivity contribution is -0.131. The third-order valence-electron chi connectivity index (χ3n) is 4.56. The molecular weight excluding hydrogens is 336 g/mol. The van der Waals surface area contributed by atoms with Crippen molar-refractivity contribution < 1.29 is 9.59 Å². The highest BCUT2D eigenvalue weighted by molar-refractivity contribution is 6.30. The maximum Gasteiger partial charge on any atom is 0.240 e. The first-order valence-electron chi connectivity index (χ1n) is 8.39. The number of amides is 2. The number of benzene rings is 2. The molecule has 0 atom stereocenters. The normalized spacial score (nSPS) is 14.9. The molecule has 2 amide bonds. The van der Waals surface area contributed by atoms with E-state index in [4.69, 9.17) is 11.6 Å². The molecule has 0 aliphatic heterocycles. The summed E-state index contributed by atoms with van der Waals surface area (Å²) >= 11 is 5.84. The average molecular weight is 357 g/mol. The predicted octanol–water partition coefficient (Wildman–Crippen LogP) is 4.82. The van der Waals surface area contributed by atoms with Gasteiger partial charge < -0.3 is 10.6 Å². The van der Waals surface area contributed by atoms with Gasteiger partial charge in [0.2, 0.25) is 11.8 Å². The molecule has 0 heterocycles. The third kappa shape index (κ3) is 3.85. The first-order chi connectivity index (χ1) is 11.9. The third-order valence-corrected chi connectivity index (χ3v) is 4.81. The van der Waals surface area contributed by atoms with Gasteiger partial charge in [0.25, 0.3) is 0 Å². The highest BCUT2D eigenvalue weighted by Gasteiger charge is 2.56. The minimum absolute atomic E-state index is 0.253. The highest BCUT2D eigenvalue weighted by atomic mass is 35.5. The van der Waals surface area contributed by atoms with E-state index in [1.54, 1.807) is 24.3 Å². The molecule has 0 aromatic heterocycles. The van der Waals surface area contributed by atoms with Crippen LogP contribution in [0.4, 0.5) is 11.4 Å². The van der Waals surface area contributed by atoms with E-state index >= 15 is 0 Å². The maximum atomic E-state index is 12.6. The van der Waals surface area contributed by atoms with Crippen LogP contribution in [0.3, 0.4) is 0 Å². The van der Waals surface area contributed by atoms with Crippen LogP contribution in [0.2, 0.25) is 5.02 Å². The van der Waals surface area contributed by atoms with Gasteiger partial charge in [0.05, 0.1) is 0 Å². The van der Waals surface area contributed by atoms with Crippen LogP contribution in [-0.2, 0) is 9.59 Å². The standard InChI is InChI=1S/C20H21ClN2O2/c1-13(2)14-3-7-16(8-4-14)22-18(24)20(11-12-20)19(25)23-17-9-5-15(21)6-10-17/h3-10,13H,11-12H2,1-2H3,(H,22,24)(H,23,25). The molecular formula is C20H21ClN2O2. The van der Waals surface area contributed by atoms with Gasteiger partial charge in [-0.15, -0.1) is 0 Å². The monoisotopic (exact) mass is 356 g/mol. The zero-order valence-corrected chi connectivity index (χ0v) is 15.1. The van der Waals surface area contributed by atoms with Gasteiger partial charge in [-0.3, -0.25) is 9.59 Å². The molecule has 1 aliphatic rings. The Morgan fingerprint density at radius 1 is 0.880 bits per heavy atom. The van der Waals surface area contributed by atoms with E-state index in [9.17, 15) is 9.59 Å². The van der Waals surface area contributed by atoms with Gasteiger partial charge in [0, 0.05) is 16.4 Å². The zero-order valence-electron chi connectivity index (χ0n) is 14.3. The molecule has 2 N–H and O–H groups in total. The minimum Gasteiger partial charge on any atom is -0.325 e. The Kier molecular flexibility index (Phi) is 4.82. The molecule has 0 bridgehead atoms. The van der Waals surface area contributed by atoms with Crippen LogP contribution >= 0.6 is 11.6 Å². The second kappa shape index (κ2) is 6.89. The van der Waals surface area contributed by atoms with E-state index in [0.717, 1.165) is 0 Å². The summed E-state index contributed by atoms with van der Waals surface area (Å²) in [6, 6.07) is 14.6. The molecule has 2 aromatic carbocycles. The molecule has 5 heteroatoms. The summed E-state index contributed by atoms with van der Waals surface area (Å²) in [7, 11) is 0. The van der Waals surface area contributed by atoms with Crippen LogP contribution in [0.15, 0.2) is 48.5 Å². The fraction of sp³-hybridized carbons (Fsp3) is 0.300. The fourth-order valence-electron chi connectivity index (χ4n) is 2.67.